The first kappa shape index (κ1) is 14.2. The summed E-state index contributed by atoms with van der Waals surface area (Å²) in [6, 6.07) is 0. The van der Waals surface area contributed by atoms with Crippen LogP contribution >= 0.6 is 11.3 Å². The van der Waals surface area contributed by atoms with E-state index in [1.807, 2.05) is 11.3 Å². The molecule has 0 bridgehead atoms. The Balaban J connectivity index is 0.00000128. The predicted octanol–water partition coefficient (Wildman–Crippen LogP) is 0.627. The van der Waals surface area contributed by atoms with Crippen LogP contribution in [0.4, 0.5) is 0 Å². The molecule has 0 N–H and O–H groups in total. The highest BCUT2D eigenvalue weighted by Crippen LogP contribution is 2.26. The molecule has 1 aromatic heterocycles. The van der Waals surface area contributed by atoms with Crippen LogP contribution < -0.4 is 21.5 Å². The molecular weight excluding hydrogens is 282 g/mol. The van der Waals surface area contributed by atoms with Gasteiger partial charge in [-0.05, 0) is 5.92 Å². The van der Waals surface area contributed by atoms with Crippen LogP contribution in [0.2, 0.25) is 0 Å². The molecule has 1 aliphatic rings. The van der Waals surface area contributed by atoms with Crippen LogP contribution in [0.3, 0.4) is 0 Å². The molecule has 0 aromatic carbocycles. The van der Waals surface area contributed by atoms with Crippen molar-refractivity contribution in [3.05, 3.63) is 16.1 Å². The number of aromatic nitrogens is 1. The van der Waals surface area contributed by atoms with Gasteiger partial charge in [-0.3, -0.25) is 0 Å². The zero-order valence-electron chi connectivity index (χ0n) is 10.3. The number of halogens is 1. The van der Waals surface area contributed by atoms with E-state index in [1.165, 1.54) is 55.8 Å². The highest BCUT2D eigenvalue weighted by atomic mass is 79.9. The van der Waals surface area contributed by atoms with Crippen LogP contribution in [0.15, 0.2) is 5.38 Å². The van der Waals surface area contributed by atoms with Gasteiger partial charge in [0.15, 0.2) is 5.69 Å². The molecule has 1 saturated carbocycles. The fourth-order valence-corrected chi connectivity index (χ4v) is 3.50. The Morgan fingerprint density at radius 2 is 1.94 bits per heavy atom. The fourth-order valence-electron chi connectivity index (χ4n) is 2.67. The standard InChI is InChI=1S/C13H22NS.BrH/c1-11-10-15-12(2)14(11)9-8-13-6-4-3-5-7-13;/h10,13H,3-9H2,1-2H3;1H/q+1;/p-1. The van der Waals surface area contributed by atoms with Crippen molar-refractivity contribution in [3.63, 3.8) is 0 Å². The van der Waals surface area contributed by atoms with E-state index in [4.69, 9.17) is 0 Å². The van der Waals surface area contributed by atoms with E-state index in [1.54, 1.807) is 0 Å². The molecule has 0 unspecified atom stereocenters. The van der Waals surface area contributed by atoms with Crippen LogP contribution in [-0.2, 0) is 6.54 Å². The molecule has 0 aliphatic heterocycles. The molecule has 1 heterocycles. The first-order valence-corrected chi connectivity index (χ1v) is 7.10. The number of aryl methyl sites for hydroxylation is 2. The minimum absolute atomic E-state index is 0. The number of hydrogen-bond acceptors (Lipinski definition) is 1. The van der Waals surface area contributed by atoms with Gasteiger partial charge in [0.25, 0.3) is 0 Å². The van der Waals surface area contributed by atoms with Crippen molar-refractivity contribution in [2.45, 2.75) is 58.9 Å². The third-order valence-electron chi connectivity index (χ3n) is 3.69. The third-order valence-corrected chi connectivity index (χ3v) is 4.71. The molecule has 1 aliphatic carbocycles. The summed E-state index contributed by atoms with van der Waals surface area (Å²) in [5.41, 5.74) is 1.44. The Kier molecular flexibility index (Phi) is 5.98. The fraction of sp³-hybridized carbons (Fsp3) is 0.769. The lowest BCUT2D eigenvalue weighted by atomic mass is 9.87. The van der Waals surface area contributed by atoms with E-state index in [0.717, 1.165) is 5.92 Å². The van der Waals surface area contributed by atoms with E-state index >= 15 is 0 Å². The van der Waals surface area contributed by atoms with Gasteiger partial charge >= 0.3 is 0 Å². The highest BCUT2D eigenvalue weighted by Gasteiger charge is 2.18. The van der Waals surface area contributed by atoms with Crippen LogP contribution in [0.25, 0.3) is 0 Å². The predicted molar refractivity (Wildman–Crippen MR) is 65.2 cm³/mol. The molecule has 1 nitrogen and oxygen atoms in total. The molecule has 2 rings (SSSR count). The number of hydrogen-bond donors (Lipinski definition) is 0. The summed E-state index contributed by atoms with van der Waals surface area (Å²) in [6.07, 6.45) is 8.75. The average molecular weight is 304 g/mol. The molecular formula is C13H22BrNS. The molecule has 0 amide bonds. The Morgan fingerprint density at radius 3 is 2.50 bits per heavy atom. The summed E-state index contributed by atoms with van der Waals surface area (Å²) in [7, 11) is 0. The number of nitrogens with zero attached hydrogens (tertiary/aromatic N) is 1. The van der Waals surface area contributed by atoms with Crippen molar-refractivity contribution < 1.29 is 21.5 Å². The lowest BCUT2D eigenvalue weighted by molar-refractivity contribution is -0.704. The maximum atomic E-state index is 2.49. The molecule has 1 fully saturated rings. The first-order valence-electron chi connectivity index (χ1n) is 6.22. The Bertz CT molecular complexity index is 296. The van der Waals surface area contributed by atoms with Gasteiger partial charge in [-0.2, -0.15) is 4.57 Å². The Hall–Kier alpha value is 0.110. The van der Waals surface area contributed by atoms with Gasteiger partial charge < -0.3 is 17.0 Å². The molecule has 1 aromatic rings. The first-order chi connectivity index (χ1) is 7.27. The van der Waals surface area contributed by atoms with Gasteiger partial charge in [-0.25, -0.2) is 0 Å². The quantitative estimate of drug-likeness (QED) is 0.721. The molecule has 0 radical (unpaired) electrons. The van der Waals surface area contributed by atoms with Gasteiger partial charge in [0.2, 0.25) is 5.01 Å². The third kappa shape index (κ3) is 3.56. The maximum absolute atomic E-state index is 2.49. The van der Waals surface area contributed by atoms with E-state index in [2.05, 4.69) is 23.8 Å². The summed E-state index contributed by atoms with van der Waals surface area (Å²) in [4.78, 5) is 0. The Morgan fingerprint density at radius 1 is 1.25 bits per heavy atom. The van der Waals surface area contributed by atoms with E-state index < -0.39 is 0 Å². The molecule has 92 valence electrons. The van der Waals surface area contributed by atoms with Crippen molar-refractivity contribution in [3.8, 4) is 0 Å². The van der Waals surface area contributed by atoms with Crippen molar-refractivity contribution in [2.24, 2.45) is 5.92 Å². The van der Waals surface area contributed by atoms with Crippen LogP contribution in [0, 0.1) is 19.8 Å². The summed E-state index contributed by atoms with van der Waals surface area (Å²) < 4.78 is 2.49. The zero-order valence-corrected chi connectivity index (χ0v) is 12.7. The monoisotopic (exact) mass is 303 g/mol. The van der Waals surface area contributed by atoms with Crippen molar-refractivity contribution in [1.82, 2.24) is 0 Å². The van der Waals surface area contributed by atoms with Crippen LogP contribution in [-0.4, -0.2) is 0 Å². The van der Waals surface area contributed by atoms with Gasteiger partial charge in [-0.15, -0.1) is 0 Å². The van der Waals surface area contributed by atoms with Gasteiger partial charge in [0, 0.05) is 20.3 Å². The van der Waals surface area contributed by atoms with Gasteiger partial charge in [0.1, 0.15) is 6.54 Å². The van der Waals surface area contributed by atoms with Crippen molar-refractivity contribution >= 4 is 11.3 Å². The summed E-state index contributed by atoms with van der Waals surface area (Å²) in [5.74, 6) is 1.00. The summed E-state index contributed by atoms with van der Waals surface area (Å²) in [5, 5.41) is 3.74. The van der Waals surface area contributed by atoms with Gasteiger partial charge in [-0.1, -0.05) is 43.4 Å². The second-order valence-corrected chi connectivity index (χ2v) is 5.90. The second-order valence-electron chi connectivity index (χ2n) is 4.84. The highest BCUT2D eigenvalue weighted by molar-refractivity contribution is 7.09. The van der Waals surface area contributed by atoms with Crippen LogP contribution in [0.5, 0.6) is 0 Å². The molecule has 0 saturated heterocycles. The summed E-state index contributed by atoms with van der Waals surface area (Å²) in [6.45, 7) is 5.70. The van der Waals surface area contributed by atoms with E-state index in [9.17, 15) is 0 Å². The van der Waals surface area contributed by atoms with Gasteiger partial charge in [0.05, 0.1) is 5.38 Å². The second kappa shape index (κ2) is 6.75. The minimum Gasteiger partial charge on any atom is -1.00 e. The van der Waals surface area contributed by atoms with Crippen molar-refractivity contribution in [2.75, 3.05) is 0 Å². The minimum atomic E-state index is 0. The normalized spacial score (nSPS) is 17.1. The maximum Gasteiger partial charge on any atom is 0.234 e. The van der Waals surface area contributed by atoms with E-state index in [-0.39, 0.29) is 17.0 Å². The van der Waals surface area contributed by atoms with Crippen LogP contribution in [0.1, 0.15) is 49.2 Å². The zero-order chi connectivity index (χ0) is 10.7. The van der Waals surface area contributed by atoms with E-state index in [0.29, 0.717) is 0 Å². The smallest absolute Gasteiger partial charge is 0.234 e. The molecule has 0 spiro atoms. The molecule has 0 atom stereocenters. The number of thiazole rings is 1. The molecule has 16 heavy (non-hydrogen) atoms. The van der Waals surface area contributed by atoms with Crippen molar-refractivity contribution in [1.29, 1.82) is 0 Å². The average Bonchev–Trinajstić information content (AvgIpc) is 2.58. The molecule has 3 heteroatoms. The largest absolute Gasteiger partial charge is 1.00 e. The lowest BCUT2D eigenvalue weighted by Crippen LogP contribution is -3.00. The summed E-state index contributed by atoms with van der Waals surface area (Å²) >= 11 is 1.88. The number of rotatable bonds is 3. The SMILES string of the molecule is Cc1csc(C)[n+]1CCC1CCCCC1.[Br-]. The lowest BCUT2D eigenvalue weighted by Gasteiger charge is -2.19. The Labute approximate surface area is 114 Å². The topological polar surface area (TPSA) is 3.88 Å².